The van der Waals surface area contributed by atoms with Crippen LogP contribution < -0.4 is 26.7 Å². The van der Waals surface area contributed by atoms with Crippen LogP contribution in [0.3, 0.4) is 0 Å². The molecule has 4 N–H and O–H groups in total. The van der Waals surface area contributed by atoms with Gasteiger partial charge in [0.05, 0.1) is 0 Å². The Morgan fingerprint density at radius 3 is 2.74 bits per heavy atom. The van der Waals surface area contributed by atoms with E-state index >= 15 is 0 Å². The molecule has 0 saturated carbocycles. The highest BCUT2D eigenvalue weighted by Crippen LogP contribution is 2.31. The number of carbonyl (C=O) groups is 2. The van der Waals surface area contributed by atoms with Gasteiger partial charge in [-0.05, 0) is 37.6 Å². The van der Waals surface area contributed by atoms with E-state index in [1.165, 1.54) is 34.9 Å². The summed E-state index contributed by atoms with van der Waals surface area (Å²) in [6.07, 6.45) is 0.0777. The average molecular weight is 424 g/mol. The maximum Gasteiger partial charge on any atom is 0.411 e. The number of nitrogens with zero attached hydrogens (tertiary/aromatic N) is 3. The molecule has 3 aromatic rings. The van der Waals surface area contributed by atoms with Gasteiger partial charge in [-0.25, -0.2) is 19.2 Å². The third-order valence-corrected chi connectivity index (χ3v) is 4.91. The minimum absolute atomic E-state index is 0.101. The molecule has 0 spiro atoms. The molecule has 1 aliphatic heterocycles. The van der Waals surface area contributed by atoms with Gasteiger partial charge in [0.2, 0.25) is 5.88 Å². The molecule has 3 heterocycles. The summed E-state index contributed by atoms with van der Waals surface area (Å²) in [5.41, 5.74) is 4.32. The first-order valence-electron chi connectivity index (χ1n) is 9.11. The number of anilines is 2. The Labute approximate surface area is 174 Å². The molecule has 1 atom stereocenters. The Kier molecular flexibility index (Phi) is 4.65. The number of fused-ring (bicyclic) bond motifs is 1. The number of primary amides is 1. The fourth-order valence-electron chi connectivity index (χ4n) is 3.58. The van der Waals surface area contributed by atoms with Crippen molar-refractivity contribution in [2.24, 2.45) is 5.73 Å². The number of halogens is 1. The number of pyridine rings is 1. The maximum atomic E-state index is 13.9. The third kappa shape index (κ3) is 3.45. The van der Waals surface area contributed by atoms with Gasteiger partial charge in [-0.15, -0.1) is 0 Å². The Balaban J connectivity index is 1.82. The zero-order chi connectivity index (χ0) is 22.3. The van der Waals surface area contributed by atoms with Gasteiger partial charge < -0.3 is 21.1 Å². The zero-order valence-corrected chi connectivity index (χ0v) is 16.5. The van der Waals surface area contributed by atoms with Crippen molar-refractivity contribution in [1.29, 1.82) is 0 Å². The number of benzene rings is 1. The van der Waals surface area contributed by atoms with Gasteiger partial charge in [0.1, 0.15) is 35.0 Å². The van der Waals surface area contributed by atoms with Gasteiger partial charge >= 0.3 is 6.09 Å². The molecule has 158 valence electrons. The van der Waals surface area contributed by atoms with Crippen molar-refractivity contribution >= 4 is 23.5 Å². The van der Waals surface area contributed by atoms with Crippen molar-refractivity contribution < 1.29 is 18.7 Å². The first kappa shape index (κ1) is 20.0. The molecule has 1 unspecified atom stereocenters. The van der Waals surface area contributed by atoms with Crippen LogP contribution in [-0.4, -0.2) is 26.5 Å². The lowest BCUT2D eigenvalue weighted by Crippen LogP contribution is -2.46. The highest BCUT2D eigenvalue weighted by molar-refractivity contribution is 5.97. The molecular formula is C20H17FN6O4. The summed E-state index contributed by atoms with van der Waals surface area (Å²) < 4.78 is 19.9. The molecular weight excluding hydrogens is 407 g/mol. The number of carbonyl (C=O) groups excluding carboxylic acids is 2. The number of nitrogens with one attached hydrogen (secondary N) is 2. The first-order valence-corrected chi connectivity index (χ1v) is 9.11. The van der Waals surface area contributed by atoms with Crippen LogP contribution in [0.25, 0.3) is 0 Å². The maximum absolute atomic E-state index is 13.9. The molecule has 10 nitrogen and oxygen atoms in total. The van der Waals surface area contributed by atoms with Crippen molar-refractivity contribution in [3.63, 3.8) is 0 Å². The molecule has 2 amide bonds. The summed E-state index contributed by atoms with van der Waals surface area (Å²) in [6.45, 7) is 3.29. The van der Waals surface area contributed by atoms with E-state index in [1.807, 2.05) is 0 Å². The molecule has 0 aliphatic carbocycles. The number of nitrogens with two attached hydrogens (primary N) is 1. The van der Waals surface area contributed by atoms with Gasteiger partial charge in [-0.1, -0.05) is 12.1 Å². The lowest BCUT2D eigenvalue weighted by atomic mass is 10.0. The second-order valence-electron chi connectivity index (χ2n) is 7.05. The normalized spacial score (nSPS) is 17.1. The van der Waals surface area contributed by atoms with Crippen LogP contribution in [0.5, 0.6) is 5.88 Å². The van der Waals surface area contributed by atoms with Gasteiger partial charge in [0.25, 0.3) is 11.5 Å². The summed E-state index contributed by atoms with van der Waals surface area (Å²) in [5.74, 6) is -0.895. The first-order chi connectivity index (χ1) is 14.7. The minimum Gasteiger partial charge on any atom is -0.391 e. The van der Waals surface area contributed by atoms with Crippen molar-refractivity contribution in [3.05, 3.63) is 75.7 Å². The minimum atomic E-state index is -1.31. The number of hydrogen-bond acceptors (Lipinski definition) is 7. The van der Waals surface area contributed by atoms with Gasteiger partial charge in [-0.3, -0.25) is 14.2 Å². The van der Waals surface area contributed by atoms with Gasteiger partial charge in [-0.2, -0.15) is 0 Å². The van der Waals surface area contributed by atoms with Crippen LogP contribution >= 0.6 is 0 Å². The highest BCUT2D eigenvalue weighted by atomic mass is 19.1. The van der Waals surface area contributed by atoms with Crippen molar-refractivity contribution in [2.75, 3.05) is 5.32 Å². The summed E-state index contributed by atoms with van der Waals surface area (Å²) in [7, 11) is 0. The molecule has 0 fully saturated rings. The Hall–Kier alpha value is -4.28. The summed E-state index contributed by atoms with van der Waals surface area (Å²) in [6, 6.07) is 8.44. The monoisotopic (exact) mass is 424 g/mol. The van der Waals surface area contributed by atoms with E-state index in [9.17, 15) is 18.8 Å². The second-order valence-corrected chi connectivity index (χ2v) is 7.05. The molecule has 4 rings (SSSR count). The van der Waals surface area contributed by atoms with E-state index in [2.05, 4.69) is 20.6 Å². The summed E-state index contributed by atoms with van der Waals surface area (Å²) >= 11 is 0. The Morgan fingerprint density at radius 2 is 2.03 bits per heavy atom. The SMILES string of the molecule is Cc1cc(Nc2cc(OC(N)=O)ncn2)c(=O)n2c1C(=O)NC2(C)c1cccc(F)c1. The number of hydrogen-bond donors (Lipinski definition) is 3. The van der Waals surface area contributed by atoms with E-state index in [1.54, 1.807) is 19.9 Å². The molecule has 0 saturated heterocycles. The number of amides is 2. The van der Waals surface area contributed by atoms with Gasteiger partial charge in [0.15, 0.2) is 0 Å². The fourth-order valence-corrected chi connectivity index (χ4v) is 3.58. The molecule has 2 aromatic heterocycles. The van der Waals surface area contributed by atoms with E-state index in [0.29, 0.717) is 11.1 Å². The highest BCUT2D eigenvalue weighted by Gasteiger charge is 2.42. The van der Waals surface area contributed by atoms with E-state index in [4.69, 9.17) is 10.5 Å². The van der Waals surface area contributed by atoms with E-state index < -0.39 is 29.0 Å². The van der Waals surface area contributed by atoms with Crippen molar-refractivity contribution in [1.82, 2.24) is 19.9 Å². The molecule has 11 heteroatoms. The van der Waals surface area contributed by atoms with Crippen molar-refractivity contribution in [2.45, 2.75) is 19.5 Å². The number of ether oxygens (including phenoxy) is 1. The van der Waals surface area contributed by atoms with Gasteiger partial charge in [0, 0.05) is 11.6 Å². The molecule has 1 aliphatic rings. The van der Waals surface area contributed by atoms with E-state index in [0.717, 1.165) is 6.33 Å². The second kappa shape index (κ2) is 7.20. The predicted octanol–water partition coefficient (Wildman–Crippen LogP) is 1.75. The van der Waals surface area contributed by atoms with Crippen LogP contribution in [0.1, 0.15) is 28.5 Å². The zero-order valence-electron chi connectivity index (χ0n) is 16.5. The summed E-state index contributed by atoms with van der Waals surface area (Å²) in [4.78, 5) is 44.7. The van der Waals surface area contributed by atoms with Crippen LogP contribution in [-0.2, 0) is 5.66 Å². The standard InChI is InChI=1S/C20H17FN6O4/c1-10-6-13(25-14-8-15(24-9-23-14)31-19(22)30)18(29)27-16(10)17(28)26-20(27,2)11-4-3-5-12(21)7-11/h3-9H,1-2H3,(H2,22,30)(H,26,28)(H,23,24,25). The van der Waals surface area contributed by atoms with E-state index in [-0.39, 0.29) is 23.1 Å². The van der Waals surface area contributed by atoms with Crippen LogP contribution in [0, 0.1) is 12.7 Å². The Bertz CT molecular complexity index is 1290. The topological polar surface area (TPSA) is 141 Å². The fraction of sp³-hybridized carbons (Fsp3) is 0.150. The predicted molar refractivity (Wildman–Crippen MR) is 108 cm³/mol. The van der Waals surface area contributed by atoms with Crippen LogP contribution in [0.4, 0.5) is 20.7 Å². The van der Waals surface area contributed by atoms with Crippen LogP contribution in [0.2, 0.25) is 0 Å². The number of rotatable bonds is 4. The number of aryl methyl sites for hydroxylation is 1. The number of aromatic nitrogens is 3. The van der Waals surface area contributed by atoms with Crippen LogP contribution in [0.15, 0.2) is 47.5 Å². The molecule has 1 aromatic carbocycles. The molecule has 0 radical (unpaired) electrons. The van der Waals surface area contributed by atoms with Crippen molar-refractivity contribution in [3.8, 4) is 5.88 Å². The smallest absolute Gasteiger partial charge is 0.391 e. The molecule has 0 bridgehead atoms. The largest absolute Gasteiger partial charge is 0.411 e. The Morgan fingerprint density at radius 1 is 1.26 bits per heavy atom. The quantitative estimate of drug-likeness (QED) is 0.579. The average Bonchev–Trinajstić information content (AvgIpc) is 2.98. The lowest BCUT2D eigenvalue weighted by molar-refractivity contribution is 0.0941. The third-order valence-electron chi connectivity index (χ3n) is 4.91. The lowest BCUT2D eigenvalue weighted by Gasteiger charge is -2.28. The summed E-state index contributed by atoms with van der Waals surface area (Å²) in [5, 5.41) is 5.62. The molecule has 31 heavy (non-hydrogen) atoms.